The monoisotopic (exact) mass is 439 g/mol. The molecule has 0 saturated carbocycles. The number of nitrogens with zero attached hydrogens (tertiary/aromatic N) is 1. The van der Waals surface area contributed by atoms with Crippen LogP contribution in [0.15, 0.2) is 41.2 Å². The molecule has 0 radical (unpaired) electrons. The lowest BCUT2D eigenvalue weighted by atomic mass is 10.2. The van der Waals surface area contributed by atoms with Gasteiger partial charge in [0.15, 0.2) is 0 Å². The third-order valence-electron chi connectivity index (χ3n) is 3.71. The highest BCUT2D eigenvalue weighted by Gasteiger charge is 2.10. The van der Waals surface area contributed by atoms with E-state index in [4.69, 9.17) is 40.2 Å². The molecule has 2 N–H and O–H groups in total. The number of aromatic amines is 1. The Kier molecular flexibility index (Phi) is 6.59. The van der Waals surface area contributed by atoms with Gasteiger partial charge in [-0.05, 0) is 29.8 Å². The molecule has 0 unspecified atom stereocenters. The normalized spacial score (nSPS) is 10.8. The van der Waals surface area contributed by atoms with Gasteiger partial charge in [-0.2, -0.15) is 0 Å². The zero-order valence-corrected chi connectivity index (χ0v) is 17.4. The molecule has 9 heteroatoms. The highest BCUT2D eigenvalue weighted by molar-refractivity contribution is 8.22. The van der Waals surface area contributed by atoms with Gasteiger partial charge in [-0.15, -0.1) is 0 Å². The second-order valence-electron chi connectivity index (χ2n) is 5.57. The fourth-order valence-electron chi connectivity index (χ4n) is 2.38. The molecule has 0 aliphatic rings. The van der Waals surface area contributed by atoms with E-state index in [1.165, 1.54) is 11.8 Å². The maximum absolute atomic E-state index is 12.2. The molecule has 1 aromatic heterocycles. The van der Waals surface area contributed by atoms with Crippen LogP contribution < -0.4 is 15.6 Å². The van der Waals surface area contributed by atoms with Gasteiger partial charge in [0.05, 0.1) is 28.8 Å². The number of halogens is 2. The number of nitrogens with one attached hydrogen (secondary N) is 2. The van der Waals surface area contributed by atoms with Crippen LogP contribution in [0.2, 0.25) is 10.0 Å². The maximum atomic E-state index is 12.2. The van der Waals surface area contributed by atoms with Crippen molar-refractivity contribution in [1.29, 1.82) is 0 Å². The number of hydrogen-bond acceptors (Lipinski definition) is 5. The van der Waals surface area contributed by atoms with E-state index in [9.17, 15) is 4.79 Å². The SMILES string of the molecule is COc1ccc(CNC(=S)SCc2nc3c(Cl)cc(Cl)cc3c(=O)[nH]2)cc1. The summed E-state index contributed by atoms with van der Waals surface area (Å²) in [4.78, 5) is 19.4. The first-order valence-electron chi connectivity index (χ1n) is 7.88. The number of benzene rings is 2. The standard InChI is InChI=1S/C18H15Cl2N3O2S2/c1-25-12-4-2-10(3-5-12)8-21-18(26)27-9-15-22-16-13(17(24)23-15)6-11(19)7-14(16)20/h2-7H,8-9H2,1H3,(H,21,26)(H,22,23,24). The molecule has 0 saturated heterocycles. The zero-order valence-electron chi connectivity index (χ0n) is 14.2. The lowest BCUT2D eigenvalue weighted by Gasteiger charge is -2.09. The number of thiocarbonyl (C=S) groups is 1. The Morgan fingerprint density at radius 1 is 1.30 bits per heavy atom. The van der Waals surface area contributed by atoms with Gasteiger partial charge in [0.1, 0.15) is 15.9 Å². The molecule has 140 valence electrons. The number of hydrogen-bond donors (Lipinski definition) is 2. The summed E-state index contributed by atoms with van der Waals surface area (Å²) in [5.74, 6) is 1.72. The van der Waals surface area contributed by atoms with Crippen molar-refractivity contribution in [3.05, 3.63) is 68.2 Å². The third-order valence-corrected chi connectivity index (χ3v) is 5.54. The van der Waals surface area contributed by atoms with E-state index in [1.807, 2.05) is 24.3 Å². The summed E-state index contributed by atoms with van der Waals surface area (Å²) in [7, 11) is 1.63. The first-order valence-corrected chi connectivity index (χ1v) is 10.0. The van der Waals surface area contributed by atoms with Gasteiger partial charge in [0.25, 0.3) is 5.56 Å². The van der Waals surface area contributed by atoms with Gasteiger partial charge in [-0.1, -0.05) is 59.3 Å². The van der Waals surface area contributed by atoms with Crippen LogP contribution in [0.1, 0.15) is 11.4 Å². The van der Waals surface area contributed by atoms with Crippen molar-refractivity contribution < 1.29 is 4.74 Å². The largest absolute Gasteiger partial charge is 0.497 e. The predicted octanol–water partition coefficient (Wildman–Crippen LogP) is 4.55. The van der Waals surface area contributed by atoms with Gasteiger partial charge in [0, 0.05) is 11.6 Å². The van der Waals surface area contributed by atoms with Gasteiger partial charge in [-0.3, -0.25) is 4.79 Å². The fraction of sp³-hybridized carbons (Fsp3) is 0.167. The number of thioether (sulfide) groups is 1. The zero-order chi connectivity index (χ0) is 19.4. The molecule has 0 amide bonds. The van der Waals surface area contributed by atoms with E-state index >= 15 is 0 Å². The number of rotatable bonds is 5. The molecule has 0 spiro atoms. The molecule has 3 aromatic rings. The average Bonchev–Trinajstić information content (AvgIpc) is 2.66. The second-order valence-corrected chi connectivity index (χ2v) is 8.07. The molecule has 0 fully saturated rings. The van der Waals surface area contributed by atoms with E-state index in [1.54, 1.807) is 19.2 Å². The topological polar surface area (TPSA) is 67.0 Å². The molecule has 0 aliphatic heterocycles. The maximum Gasteiger partial charge on any atom is 0.258 e. The number of fused-ring (bicyclic) bond motifs is 1. The van der Waals surface area contributed by atoms with E-state index < -0.39 is 0 Å². The van der Waals surface area contributed by atoms with Gasteiger partial charge >= 0.3 is 0 Å². The Balaban J connectivity index is 1.62. The van der Waals surface area contributed by atoms with Crippen LogP contribution in [0.3, 0.4) is 0 Å². The number of H-pyrrole nitrogens is 1. The van der Waals surface area contributed by atoms with Crippen LogP contribution in [0, 0.1) is 0 Å². The van der Waals surface area contributed by atoms with E-state index in [-0.39, 0.29) is 5.56 Å². The quantitative estimate of drug-likeness (QED) is 0.568. The van der Waals surface area contributed by atoms with E-state index in [2.05, 4.69) is 15.3 Å². The van der Waals surface area contributed by atoms with Gasteiger partial charge in [-0.25, -0.2) is 4.98 Å². The van der Waals surface area contributed by atoms with Crippen molar-refractivity contribution in [2.45, 2.75) is 12.3 Å². The molecule has 0 aliphatic carbocycles. The highest BCUT2D eigenvalue weighted by atomic mass is 35.5. The molecule has 1 heterocycles. The summed E-state index contributed by atoms with van der Waals surface area (Å²) in [6, 6.07) is 10.8. The van der Waals surface area contributed by atoms with Crippen LogP contribution >= 0.6 is 47.2 Å². The first kappa shape index (κ1) is 19.9. The number of ether oxygens (including phenoxy) is 1. The van der Waals surface area contributed by atoms with Crippen LogP contribution in [0.5, 0.6) is 5.75 Å². The summed E-state index contributed by atoms with van der Waals surface area (Å²) in [6.45, 7) is 0.599. The number of methoxy groups -OCH3 is 1. The highest BCUT2D eigenvalue weighted by Crippen LogP contribution is 2.24. The number of aromatic nitrogens is 2. The molecular formula is C18H15Cl2N3O2S2. The second kappa shape index (κ2) is 8.93. The third kappa shape index (κ3) is 5.13. The van der Waals surface area contributed by atoms with Crippen molar-refractivity contribution in [2.75, 3.05) is 7.11 Å². The summed E-state index contributed by atoms with van der Waals surface area (Å²) in [6.07, 6.45) is 0. The summed E-state index contributed by atoms with van der Waals surface area (Å²) in [5.41, 5.74) is 1.23. The fourth-order valence-corrected chi connectivity index (χ4v) is 3.75. The summed E-state index contributed by atoms with van der Waals surface area (Å²) in [5, 5.41) is 4.27. The van der Waals surface area contributed by atoms with Crippen molar-refractivity contribution in [3.63, 3.8) is 0 Å². The lowest BCUT2D eigenvalue weighted by molar-refractivity contribution is 0.414. The molecule has 3 rings (SSSR count). The minimum absolute atomic E-state index is 0.280. The Morgan fingerprint density at radius 2 is 2.04 bits per heavy atom. The van der Waals surface area contributed by atoms with E-state index in [0.29, 0.717) is 43.4 Å². The lowest BCUT2D eigenvalue weighted by Crippen LogP contribution is -2.18. The molecule has 5 nitrogen and oxygen atoms in total. The van der Waals surface area contributed by atoms with E-state index in [0.717, 1.165) is 11.3 Å². The van der Waals surface area contributed by atoms with Gasteiger partial charge in [0.2, 0.25) is 0 Å². The minimum Gasteiger partial charge on any atom is -0.497 e. The van der Waals surface area contributed by atoms with Crippen LogP contribution in [-0.2, 0) is 12.3 Å². The van der Waals surface area contributed by atoms with Crippen LogP contribution in [0.4, 0.5) is 0 Å². The van der Waals surface area contributed by atoms with Crippen LogP contribution in [-0.4, -0.2) is 21.4 Å². The summed E-state index contributed by atoms with van der Waals surface area (Å²) < 4.78 is 5.74. The summed E-state index contributed by atoms with van der Waals surface area (Å²) >= 11 is 18.8. The predicted molar refractivity (Wildman–Crippen MR) is 116 cm³/mol. The molecule has 0 bridgehead atoms. The smallest absolute Gasteiger partial charge is 0.258 e. The molecule has 2 aromatic carbocycles. The van der Waals surface area contributed by atoms with Gasteiger partial charge < -0.3 is 15.0 Å². The minimum atomic E-state index is -0.280. The molecule has 0 atom stereocenters. The Morgan fingerprint density at radius 3 is 2.74 bits per heavy atom. The molecular weight excluding hydrogens is 425 g/mol. The van der Waals surface area contributed by atoms with Crippen LogP contribution in [0.25, 0.3) is 10.9 Å². The van der Waals surface area contributed by atoms with Crippen molar-refractivity contribution in [3.8, 4) is 5.75 Å². The molecule has 27 heavy (non-hydrogen) atoms. The Labute approximate surface area is 175 Å². The van der Waals surface area contributed by atoms with Crippen molar-refractivity contribution in [1.82, 2.24) is 15.3 Å². The Hall–Kier alpha value is -1.80. The van der Waals surface area contributed by atoms with Crippen molar-refractivity contribution >= 4 is 62.4 Å². The average molecular weight is 440 g/mol. The first-order chi connectivity index (χ1) is 13.0. The van der Waals surface area contributed by atoms with Crippen molar-refractivity contribution in [2.24, 2.45) is 0 Å². The Bertz CT molecular complexity index is 1040.